The third kappa shape index (κ3) is 9.77. The summed E-state index contributed by atoms with van der Waals surface area (Å²) in [4.78, 5) is 11.0. The summed E-state index contributed by atoms with van der Waals surface area (Å²) >= 11 is 5.40. The molecular weight excluding hydrogens is 206 g/mol. The molecule has 0 aromatic carbocycles. The molecule has 4 nitrogen and oxygen atoms in total. The zero-order valence-electron chi connectivity index (χ0n) is 8.55. The molecule has 0 radical (unpaired) electrons. The Morgan fingerprint density at radius 3 is 2.71 bits per heavy atom. The van der Waals surface area contributed by atoms with Crippen molar-refractivity contribution in [1.29, 1.82) is 0 Å². The highest BCUT2D eigenvalue weighted by Gasteiger charge is 1.99. The van der Waals surface area contributed by atoms with Gasteiger partial charge in [0.15, 0.2) is 0 Å². The molecule has 0 aliphatic carbocycles. The fourth-order valence-electron chi connectivity index (χ4n) is 0.779. The SMILES string of the molecule is CCCOCC(=O)NCCOCCCl. The van der Waals surface area contributed by atoms with Crippen LogP contribution in [0.3, 0.4) is 0 Å². The van der Waals surface area contributed by atoms with E-state index in [0.29, 0.717) is 32.2 Å². The molecule has 0 aromatic heterocycles. The van der Waals surface area contributed by atoms with Gasteiger partial charge in [0.05, 0.1) is 13.2 Å². The number of hydrogen-bond donors (Lipinski definition) is 1. The van der Waals surface area contributed by atoms with Gasteiger partial charge in [-0.3, -0.25) is 4.79 Å². The Morgan fingerprint density at radius 2 is 2.07 bits per heavy atom. The van der Waals surface area contributed by atoms with E-state index >= 15 is 0 Å². The number of rotatable bonds is 9. The Bertz CT molecular complexity index is 144. The minimum atomic E-state index is -0.104. The van der Waals surface area contributed by atoms with E-state index in [-0.39, 0.29) is 12.5 Å². The predicted octanol–water partition coefficient (Wildman–Crippen LogP) is 0.785. The van der Waals surface area contributed by atoms with Gasteiger partial charge in [-0.1, -0.05) is 6.92 Å². The van der Waals surface area contributed by atoms with Gasteiger partial charge in [-0.15, -0.1) is 11.6 Å². The van der Waals surface area contributed by atoms with E-state index in [0.717, 1.165) is 6.42 Å². The fourth-order valence-corrected chi connectivity index (χ4v) is 0.889. The minimum absolute atomic E-state index is 0.104. The van der Waals surface area contributed by atoms with Crippen molar-refractivity contribution in [2.45, 2.75) is 13.3 Å². The molecule has 0 unspecified atom stereocenters. The molecule has 0 atom stereocenters. The van der Waals surface area contributed by atoms with Gasteiger partial charge in [0.2, 0.25) is 5.91 Å². The monoisotopic (exact) mass is 223 g/mol. The highest BCUT2D eigenvalue weighted by Crippen LogP contribution is 1.81. The highest BCUT2D eigenvalue weighted by molar-refractivity contribution is 6.17. The Hall–Kier alpha value is -0.320. The molecule has 0 saturated carbocycles. The van der Waals surface area contributed by atoms with Crippen LogP contribution in [0.4, 0.5) is 0 Å². The number of alkyl halides is 1. The standard InChI is InChI=1S/C9H18ClNO3/c1-2-5-14-8-9(12)11-4-7-13-6-3-10/h2-8H2,1H3,(H,11,12). The average Bonchev–Trinajstić information content (AvgIpc) is 2.18. The van der Waals surface area contributed by atoms with Crippen LogP contribution in [0.2, 0.25) is 0 Å². The fraction of sp³-hybridized carbons (Fsp3) is 0.889. The molecule has 0 saturated heterocycles. The van der Waals surface area contributed by atoms with Crippen LogP contribution in [0.25, 0.3) is 0 Å². The Kier molecular flexibility index (Phi) is 10.5. The molecule has 0 aliphatic heterocycles. The Labute approximate surface area is 89.9 Å². The van der Waals surface area contributed by atoms with E-state index in [1.807, 2.05) is 6.92 Å². The van der Waals surface area contributed by atoms with Gasteiger partial charge in [-0.2, -0.15) is 0 Å². The van der Waals surface area contributed by atoms with Gasteiger partial charge >= 0.3 is 0 Å². The normalized spacial score (nSPS) is 10.1. The number of halogens is 1. The van der Waals surface area contributed by atoms with Crippen molar-refractivity contribution >= 4 is 17.5 Å². The summed E-state index contributed by atoms with van der Waals surface area (Å²) in [6.45, 7) is 4.26. The molecule has 5 heteroatoms. The molecule has 0 aromatic rings. The molecular formula is C9H18ClNO3. The second-order valence-electron chi connectivity index (χ2n) is 2.70. The van der Waals surface area contributed by atoms with Crippen LogP contribution in [0.1, 0.15) is 13.3 Å². The lowest BCUT2D eigenvalue weighted by Crippen LogP contribution is -2.30. The van der Waals surface area contributed by atoms with Gasteiger partial charge in [0.25, 0.3) is 0 Å². The molecule has 0 rings (SSSR count). The zero-order valence-corrected chi connectivity index (χ0v) is 9.31. The zero-order chi connectivity index (χ0) is 10.6. The third-order valence-corrected chi connectivity index (χ3v) is 1.53. The number of nitrogens with one attached hydrogen (secondary N) is 1. The first-order valence-corrected chi connectivity index (χ1v) is 5.32. The number of amides is 1. The highest BCUT2D eigenvalue weighted by atomic mass is 35.5. The molecule has 1 N–H and O–H groups in total. The van der Waals surface area contributed by atoms with Crippen LogP contribution in [0.5, 0.6) is 0 Å². The first-order chi connectivity index (χ1) is 6.81. The van der Waals surface area contributed by atoms with Crippen LogP contribution in [0.15, 0.2) is 0 Å². The predicted molar refractivity (Wildman–Crippen MR) is 55.7 cm³/mol. The number of hydrogen-bond acceptors (Lipinski definition) is 3. The van der Waals surface area contributed by atoms with Crippen molar-refractivity contribution in [2.75, 3.05) is 38.9 Å². The van der Waals surface area contributed by atoms with E-state index in [2.05, 4.69) is 5.32 Å². The number of carbonyl (C=O) groups excluding carboxylic acids is 1. The van der Waals surface area contributed by atoms with Crippen molar-refractivity contribution < 1.29 is 14.3 Å². The van der Waals surface area contributed by atoms with E-state index in [1.165, 1.54) is 0 Å². The molecule has 0 aliphatic rings. The maximum absolute atomic E-state index is 11.0. The second kappa shape index (κ2) is 10.8. The summed E-state index contributed by atoms with van der Waals surface area (Å²) in [5.41, 5.74) is 0. The van der Waals surface area contributed by atoms with Crippen molar-refractivity contribution in [1.82, 2.24) is 5.32 Å². The van der Waals surface area contributed by atoms with Gasteiger partial charge in [0.1, 0.15) is 6.61 Å². The van der Waals surface area contributed by atoms with Crippen LogP contribution in [0, 0.1) is 0 Å². The van der Waals surface area contributed by atoms with Gasteiger partial charge in [-0.05, 0) is 6.42 Å². The van der Waals surface area contributed by atoms with E-state index in [9.17, 15) is 4.79 Å². The first-order valence-electron chi connectivity index (χ1n) is 4.79. The lowest BCUT2D eigenvalue weighted by atomic mass is 10.5. The van der Waals surface area contributed by atoms with Crippen LogP contribution in [-0.2, 0) is 14.3 Å². The summed E-state index contributed by atoms with van der Waals surface area (Å²) in [6.07, 6.45) is 0.923. The number of ether oxygens (including phenoxy) is 2. The summed E-state index contributed by atoms with van der Waals surface area (Å²) in [5, 5.41) is 2.67. The summed E-state index contributed by atoms with van der Waals surface area (Å²) in [6, 6.07) is 0. The van der Waals surface area contributed by atoms with Gasteiger partial charge in [-0.25, -0.2) is 0 Å². The van der Waals surface area contributed by atoms with E-state index in [1.54, 1.807) is 0 Å². The van der Waals surface area contributed by atoms with E-state index < -0.39 is 0 Å². The van der Waals surface area contributed by atoms with Crippen LogP contribution < -0.4 is 5.32 Å². The smallest absolute Gasteiger partial charge is 0.246 e. The van der Waals surface area contributed by atoms with E-state index in [4.69, 9.17) is 21.1 Å². The Morgan fingerprint density at radius 1 is 1.29 bits per heavy atom. The van der Waals surface area contributed by atoms with Crippen molar-refractivity contribution in [3.8, 4) is 0 Å². The molecule has 0 spiro atoms. The van der Waals surface area contributed by atoms with Crippen molar-refractivity contribution in [3.05, 3.63) is 0 Å². The van der Waals surface area contributed by atoms with Crippen LogP contribution in [-0.4, -0.2) is 44.8 Å². The molecule has 0 heterocycles. The molecule has 84 valence electrons. The van der Waals surface area contributed by atoms with Crippen molar-refractivity contribution in [2.24, 2.45) is 0 Å². The molecule has 0 bridgehead atoms. The number of carbonyl (C=O) groups is 1. The lowest BCUT2D eigenvalue weighted by Gasteiger charge is -2.05. The molecule has 14 heavy (non-hydrogen) atoms. The van der Waals surface area contributed by atoms with Gasteiger partial charge in [0, 0.05) is 19.0 Å². The summed E-state index contributed by atoms with van der Waals surface area (Å²) in [7, 11) is 0. The second-order valence-corrected chi connectivity index (χ2v) is 3.08. The third-order valence-electron chi connectivity index (χ3n) is 1.37. The maximum atomic E-state index is 11.0. The van der Waals surface area contributed by atoms with Gasteiger partial charge < -0.3 is 14.8 Å². The Balaban J connectivity index is 3.10. The first kappa shape index (κ1) is 13.7. The maximum Gasteiger partial charge on any atom is 0.246 e. The lowest BCUT2D eigenvalue weighted by molar-refractivity contribution is -0.125. The topological polar surface area (TPSA) is 47.6 Å². The quantitative estimate of drug-likeness (QED) is 0.464. The minimum Gasteiger partial charge on any atom is -0.378 e. The molecule has 1 amide bonds. The summed E-state index contributed by atoms with van der Waals surface area (Å²) in [5.74, 6) is 0.376. The summed E-state index contributed by atoms with van der Waals surface area (Å²) < 4.78 is 10.1. The average molecular weight is 224 g/mol. The largest absolute Gasteiger partial charge is 0.378 e. The van der Waals surface area contributed by atoms with Crippen LogP contribution >= 0.6 is 11.6 Å². The molecule has 0 fully saturated rings. The van der Waals surface area contributed by atoms with Crippen molar-refractivity contribution in [3.63, 3.8) is 0 Å².